The van der Waals surface area contributed by atoms with Gasteiger partial charge in [-0.25, -0.2) is 0 Å². The van der Waals surface area contributed by atoms with Crippen molar-refractivity contribution in [2.75, 3.05) is 0 Å². The molecule has 0 aliphatic heterocycles. The minimum Gasteiger partial charge on any atom is -0.298 e. The Morgan fingerprint density at radius 3 is 2.94 bits per heavy atom. The summed E-state index contributed by atoms with van der Waals surface area (Å²) >= 11 is 4.87. The molecular weight excluding hydrogens is 288 g/mol. The monoisotopic (exact) mass is 296 g/mol. The molecule has 0 unspecified atom stereocenters. The molecule has 0 aliphatic carbocycles. The van der Waals surface area contributed by atoms with Gasteiger partial charge in [0.25, 0.3) is 0 Å². The Labute approximate surface area is 106 Å². The van der Waals surface area contributed by atoms with Gasteiger partial charge in [-0.2, -0.15) is 5.10 Å². The lowest BCUT2D eigenvalue weighted by atomic mass is 10.2. The zero-order valence-electron chi connectivity index (χ0n) is 8.55. The van der Waals surface area contributed by atoms with Gasteiger partial charge in [-0.1, -0.05) is 27.7 Å². The minimum absolute atomic E-state index is 0.684. The van der Waals surface area contributed by atoms with Crippen LogP contribution in [0.3, 0.4) is 0 Å². The van der Waals surface area contributed by atoms with Gasteiger partial charge < -0.3 is 0 Å². The highest BCUT2D eigenvalue weighted by atomic mass is 79.9. The summed E-state index contributed by atoms with van der Waals surface area (Å²) in [7, 11) is 1.87. The first-order valence-electron chi connectivity index (χ1n) is 4.60. The van der Waals surface area contributed by atoms with Gasteiger partial charge in [0, 0.05) is 28.2 Å². The second-order valence-corrected chi connectivity index (χ2v) is 5.28. The molecule has 0 atom stereocenters. The van der Waals surface area contributed by atoms with Crippen LogP contribution in [0.15, 0.2) is 44.9 Å². The molecule has 82 valence electrons. The summed E-state index contributed by atoms with van der Waals surface area (Å²) in [5.41, 5.74) is 0.684. The largest absolute Gasteiger partial charge is 0.298 e. The Morgan fingerprint density at radius 2 is 2.31 bits per heavy atom. The average Bonchev–Trinajstić information content (AvgIpc) is 2.67. The van der Waals surface area contributed by atoms with Crippen molar-refractivity contribution in [3.05, 3.63) is 40.6 Å². The summed E-state index contributed by atoms with van der Waals surface area (Å²) in [5, 5.41) is 4.08. The third-order valence-electron chi connectivity index (χ3n) is 2.01. The van der Waals surface area contributed by atoms with Crippen LogP contribution in [0.1, 0.15) is 10.4 Å². The number of aldehydes is 1. The number of halogens is 1. The maximum absolute atomic E-state index is 10.9. The van der Waals surface area contributed by atoms with Crippen molar-refractivity contribution in [3.8, 4) is 0 Å². The number of hydrogen-bond donors (Lipinski definition) is 0. The molecule has 0 bridgehead atoms. The standard InChI is InChI=1S/C11H9BrN2OS/c1-14-6-10(5-13-14)16-11-3-2-9(12)4-8(11)7-15/h2-7H,1H3. The topological polar surface area (TPSA) is 34.9 Å². The summed E-state index contributed by atoms with van der Waals surface area (Å²) < 4.78 is 2.65. The van der Waals surface area contributed by atoms with E-state index in [-0.39, 0.29) is 0 Å². The first-order chi connectivity index (χ1) is 7.69. The first-order valence-corrected chi connectivity index (χ1v) is 6.21. The smallest absolute Gasteiger partial charge is 0.151 e. The number of carbonyl (C=O) groups excluding carboxylic acids is 1. The summed E-state index contributed by atoms with van der Waals surface area (Å²) in [5.74, 6) is 0. The van der Waals surface area contributed by atoms with Gasteiger partial charge in [-0.15, -0.1) is 0 Å². The van der Waals surface area contributed by atoms with Gasteiger partial charge in [0.2, 0.25) is 0 Å². The van der Waals surface area contributed by atoms with Crippen molar-refractivity contribution in [3.63, 3.8) is 0 Å². The van der Waals surface area contributed by atoms with Gasteiger partial charge in [-0.3, -0.25) is 9.48 Å². The molecule has 0 amide bonds. The van der Waals surface area contributed by atoms with E-state index in [9.17, 15) is 4.79 Å². The van der Waals surface area contributed by atoms with E-state index >= 15 is 0 Å². The van der Waals surface area contributed by atoms with E-state index < -0.39 is 0 Å². The highest BCUT2D eigenvalue weighted by molar-refractivity contribution is 9.10. The number of aromatic nitrogens is 2. The molecule has 2 rings (SSSR count). The van der Waals surface area contributed by atoms with Crippen LogP contribution < -0.4 is 0 Å². The molecule has 0 saturated carbocycles. The molecule has 0 spiro atoms. The van der Waals surface area contributed by atoms with E-state index in [4.69, 9.17) is 0 Å². The number of hydrogen-bond acceptors (Lipinski definition) is 3. The van der Waals surface area contributed by atoms with Crippen molar-refractivity contribution in [2.45, 2.75) is 9.79 Å². The minimum atomic E-state index is 0.684. The van der Waals surface area contributed by atoms with Crippen LogP contribution in [0, 0.1) is 0 Å². The van der Waals surface area contributed by atoms with Crippen LogP contribution in [-0.4, -0.2) is 16.1 Å². The number of aryl methyl sites for hydroxylation is 1. The Morgan fingerprint density at radius 1 is 1.50 bits per heavy atom. The number of nitrogens with zero attached hydrogens (tertiary/aromatic N) is 2. The van der Waals surface area contributed by atoms with Crippen molar-refractivity contribution < 1.29 is 4.79 Å². The Bertz CT molecular complexity index is 524. The zero-order chi connectivity index (χ0) is 11.5. The molecule has 1 aromatic heterocycles. The lowest BCUT2D eigenvalue weighted by Gasteiger charge is -2.02. The molecular formula is C11H9BrN2OS. The molecule has 2 aromatic rings. The van der Waals surface area contributed by atoms with Crippen molar-refractivity contribution in [1.82, 2.24) is 9.78 Å². The summed E-state index contributed by atoms with van der Waals surface area (Å²) in [6.07, 6.45) is 4.56. The van der Waals surface area contributed by atoms with E-state index in [1.807, 2.05) is 31.4 Å². The predicted molar refractivity (Wildman–Crippen MR) is 66.9 cm³/mol. The number of carbonyl (C=O) groups is 1. The van der Waals surface area contributed by atoms with Gasteiger partial charge in [0.05, 0.1) is 11.1 Å². The molecule has 0 N–H and O–H groups in total. The SMILES string of the molecule is Cn1cc(Sc2ccc(Br)cc2C=O)cn1. The zero-order valence-corrected chi connectivity index (χ0v) is 11.0. The van der Waals surface area contributed by atoms with E-state index in [0.717, 1.165) is 20.5 Å². The normalized spacial score (nSPS) is 10.4. The van der Waals surface area contributed by atoms with Gasteiger partial charge in [0.1, 0.15) is 0 Å². The predicted octanol–water partition coefficient (Wildman–Crippen LogP) is 3.15. The molecule has 1 heterocycles. The molecule has 16 heavy (non-hydrogen) atoms. The van der Waals surface area contributed by atoms with Crippen LogP contribution in [0.4, 0.5) is 0 Å². The molecule has 0 aliphatic rings. The highest BCUT2D eigenvalue weighted by Crippen LogP contribution is 2.30. The van der Waals surface area contributed by atoms with E-state index in [2.05, 4.69) is 21.0 Å². The van der Waals surface area contributed by atoms with Crippen molar-refractivity contribution in [2.24, 2.45) is 7.05 Å². The fourth-order valence-corrected chi connectivity index (χ4v) is 2.58. The van der Waals surface area contributed by atoms with Crippen molar-refractivity contribution >= 4 is 34.0 Å². The lowest BCUT2D eigenvalue weighted by molar-refractivity contribution is 0.112. The average molecular weight is 297 g/mol. The van der Waals surface area contributed by atoms with Crippen LogP contribution in [0.5, 0.6) is 0 Å². The molecule has 0 radical (unpaired) electrons. The van der Waals surface area contributed by atoms with Crippen LogP contribution in [0.25, 0.3) is 0 Å². The third kappa shape index (κ3) is 2.54. The van der Waals surface area contributed by atoms with Gasteiger partial charge in [0.15, 0.2) is 6.29 Å². The Balaban J connectivity index is 2.30. The second kappa shape index (κ2) is 4.84. The maximum Gasteiger partial charge on any atom is 0.151 e. The maximum atomic E-state index is 10.9. The fourth-order valence-electron chi connectivity index (χ4n) is 1.28. The lowest BCUT2D eigenvalue weighted by Crippen LogP contribution is -1.85. The fraction of sp³-hybridized carbons (Fsp3) is 0.0909. The summed E-state index contributed by atoms with van der Waals surface area (Å²) in [6, 6.07) is 5.66. The number of benzene rings is 1. The highest BCUT2D eigenvalue weighted by Gasteiger charge is 2.05. The Kier molecular flexibility index (Phi) is 3.46. The summed E-state index contributed by atoms with van der Waals surface area (Å²) in [4.78, 5) is 12.9. The van der Waals surface area contributed by atoms with Gasteiger partial charge in [-0.05, 0) is 18.2 Å². The number of rotatable bonds is 3. The summed E-state index contributed by atoms with van der Waals surface area (Å²) in [6.45, 7) is 0. The molecule has 3 nitrogen and oxygen atoms in total. The Hall–Kier alpha value is -1.07. The molecule has 5 heteroatoms. The molecule has 1 aromatic carbocycles. The molecule has 0 saturated heterocycles. The van der Waals surface area contributed by atoms with E-state index in [0.29, 0.717) is 5.56 Å². The third-order valence-corrected chi connectivity index (χ3v) is 3.54. The molecule has 0 fully saturated rings. The van der Waals surface area contributed by atoms with Crippen LogP contribution in [-0.2, 0) is 7.05 Å². The van der Waals surface area contributed by atoms with Crippen LogP contribution in [0.2, 0.25) is 0 Å². The van der Waals surface area contributed by atoms with Gasteiger partial charge >= 0.3 is 0 Å². The quantitative estimate of drug-likeness (QED) is 0.816. The second-order valence-electron chi connectivity index (χ2n) is 3.25. The van der Waals surface area contributed by atoms with E-state index in [1.165, 1.54) is 11.8 Å². The van der Waals surface area contributed by atoms with Crippen molar-refractivity contribution in [1.29, 1.82) is 0 Å². The first kappa shape index (κ1) is 11.4. The van der Waals surface area contributed by atoms with E-state index in [1.54, 1.807) is 10.9 Å². The van der Waals surface area contributed by atoms with Crippen LogP contribution >= 0.6 is 27.7 Å².